The summed E-state index contributed by atoms with van der Waals surface area (Å²) in [6.07, 6.45) is 3.97. The molecule has 1 amide bonds. The molecule has 3 heterocycles. The van der Waals surface area contributed by atoms with E-state index >= 15 is 0 Å². The fourth-order valence-electron chi connectivity index (χ4n) is 4.28. The fraction of sp³-hybridized carbons (Fsp3) is 0.292. The first-order chi connectivity index (χ1) is 17.0. The topological polar surface area (TPSA) is 128 Å². The van der Waals surface area contributed by atoms with E-state index in [1.807, 2.05) is 35.0 Å². The second kappa shape index (κ2) is 9.88. The van der Waals surface area contributed by atoms with E-state index in [-0.39, 0.29) is 23.5 Å². The third-order valence-corrected chi connectivity index (χ3v) is 7.03. The number of nitrogens with zero attached hydrogens (tertiary/aromatic N) is 4. The van der Waals surface area contributed by atoms with Crippen LogP contribution in [0, 0.1) is 17.0 Å². The number of para-hydroxylation sites is 1. The first-order valence-electron chi connectivity index (χ1n) is 11.3. The van der Waals surface area contributed by atoms with E-state index in [1.165, 1.54) is 17.8 Å². The van der Waals surface area contributed by atoms with Crippen molar-refractivity contribution < 1.29 is 14.5 Å². The summed E-state index contributed by atoms with van der Waals surface area (Å²) in [5, 5.41) is 24.5. The normalized spacial score (nSPS) is 15.5. The Hall–Kier alpha value is -3.70. The number of anilines is 1. The standard InChI is InChI=1S/C24H24N6O4S/c1-15-19(9-4-10-21(15)30(32)33)26-22(31)14-35-24-28-27-23(29(24)13-16-6-5-11-34-16)18-12-25-20-8-3-2-7-17(18)20/h2-4,7-10,12,16,25H,5-6,11,13-14H2,1H3,(H,26,31). The highest BCUT2D eigenvalue weighted by atomic mass is 32.2. The molecular formula is C24H24N6O4S. The monoisotopic (exact) mass is 492 g/mol. The van der Waals surface area contributed by atoms with E-state index in [0.29, 0.717) is 23.0 Å². The Labute approximate surface area is 205 Å². The number of ether oxygens (including phenoxy) is 1. The van der Waals surface area contributed by atoms with Gasteiger partial charge in [-0.2, -0.15) is 0 Å². The van der Waals surface area contributed by atoms with E-state index in [1.54, 1.807) is 19.1 Å². The molecule has 0 bridgehead atoms. The van der Waals surface area contributed by atoms with Crippen molar-refractivity contribution in [1.82, 2.24) is 19.7 Å². The maximum absolute atomic E-state index is 12.7. The molecular weight excluding hydrogens is 468 g/mol. The number of aromatic amines is 1. The summed E-state index contributed by atoms with van der Waals surface area (Å²) in [6.45, 7) is 2.95. The number of aromatic nitrogens is 4. The van der Waals surface area contributed by atoms with Crippen LogP contribution >= 0.6 is 11.8 Å². The van der Waals surface area contributed by atoms with Crippen LogP contribution in [0.2, 0.25) is 0 Å². The number of hydrogen-bond donors (Lipinski definition) is 2. The first kappa shape index (κ1) is 23.1. The van der Waals surface area contributed by atoms with Gasteiger partial charge >= 0.3 is 0 Å². The average Bonchev–Trinajstić information content (AvgIpc) is 3.59. The van der Waals surface area contributed by atoms with Crippen molar-refractivity contribution in [2.24, 2.45) is 0 Å². The zero-order valence-corrected chi connectivity index (χ0v) is 19.9. The summed E-state index contributed by atoms with van der Waals surface area (Å²) in [6, 6.07) is 12.6. The Kier molecular flexibility index (Phi) is 6.51. The summed E-state index contributed by atoms with van der Waals surface area (Å²) in [4.78, 5) is 26.7. The number of carbonyl (C=O) groups excluding carboxylic acids is 1. The smallest absolute Gasteiger partial charge is 0.274 e. The van der Waals surface area contributed by atoms with Crippen molar-refractivity contribution in [3.05, 3.63) is 64.3 Å². The Morgan fingerprint density at radius 2 is 2.14 bits per heavy atom. The molecule has 0 aliphatic carbocycles. The number of H-pyrrole nitrogens is 1. The number of hydrogen-bond acceptors (Lipinski definition) is 7. The largest absolute Gasteiger partial charge is 0.376 e. The Balaban J connectivity index is 1.37. The molecule has 1 unspecified atom stereocenters. The van der Waals surface area contributed by atoms with Gasteiger partial charge in [-0.3, -0.25) is 19.5 Å². The van der Waals surface area contributed by atoms with Crippen LogP contribution < -0.4 is 5.32 Å². The number of carbonyl (C=O) groups is 1. The molecule has 2 aromatic carbocycles. The minimum atomic E-state index is -0.459. The second-order valence-electron chi connectivity index (χ2n) is 8.34. The number of benzene rings is 2. The Bertz CT molecular complexity index is 1390. The molecule has 2 N–H and O–H groups in total. The molecule has 1 fully saturated rings. The van der Waals surface area contributed by atoms with Crippen LogP contribution in [-0.4, -0.2) is 49.0 Å². The highest BCUT2D eigenvalue weighted by molar-refractivity contribution is 7.99. The summed E-state index contributed by atoms with van der Waals surface area (Å²) in [5.74, 6) is 0.522. The fourth-order valence-corrected chi connectivity index (χ4v) is 5.03. The summed E-state index contributed by atoms with van der Waals surface area (Å²) in [5.41, 5.74) is 2.75. The SMILES string of the molecule is Cc1c(NC(=O)CSc2nnc(-c3c[nH]c4ccccc34)n2CC2CCCO2)cccc1[N+](=O)[O-]. The van der Waals surface area contributed by atoms with Gasteiger partial charge in [0.25, 0.3) is 5.69 Å². The number of nitro benzene ring substituents is 1. The van der Waals surface area contributed by atoms with Crippen LogP contribution in [0.25, 0.3) is 22.3 Å². The quantitative estimate of drug-likeness (QED) is 0.210. The number of rotatable bonds is 8. The number of nitro groups is 1. The highest BCUT2D eigenvalue weighted by Gasteiger charge is 2.24. The summed E-state index contributed by atoms with van der Waals surface area (Å²) >= 11 is 1.28. The molecule has 11 heteroatoms. The maximum Gasteiger partial charge on any atom is 0.274 e. The van der Waals surface area contributed by atoms with Crippen molar-refractivity contribution in [3.63, 3.8) is 0 Å². The van der Waals surface area contributed by atoms with Gasteiger partial charge < -0.3 is 15.0 Å². The zero-order valence-electron chi connectivity index (χ0n) is 19.1. The van der Waals surface area contributed by atoms with Gasteiger partial charge in [0, 0.05) is 35.3 Å². The van der Waals surface area contributed by atoms with Gasteiger partial charge in [0.05, 0.1) is 34.6 Å². The van der Waals surface area contributed by atoms with Gasteiger partial charge in [0.15, 0.2) is 11.0 Å². The molecule has 0 radical (unpaired) electrons. The van der Waals surface area contributed by atoms with Crippen LogP contribution in [0.3, 0.4) is 0 Å². The van der Waals surface area contributed by atoms with Crippen LogP contribution in [0.15, 0.2) is 53.8 Å². The van der Waals surface area contributed by atoms with Gasteiger partial charge in [-0.1, -0.05) is 36.0 Å². The van der Waals surface area contributed by atoms with E-state index in [2.05, 4.69) is 20.5 Å². The van der Waals surface area contributed by atoms with Crippen molar-refractivity contribution in [3.8, 4) is 11.4 Å². The summed E-state index contributed by atoms with van der Waals surface area (Å²) < 4.78 is 7.88. The Morgan fingerprint density at radius 1 is 1.29 bits per heavy atom. The minimum absolute atomic E-state index is 0.0323. The van der Waals surface area contributed by atoms with Crippen molar-refractivity contribution in [2.45, 2.75) is 37.6 Å². The van der Waals surface area contributed by atoms with E-state index in [4.69, 9.17) is 4.74 Å². The lowest BCUT2D eigenvalue weighted by Gasteiger charge is -2.14. The number of fused-ring (bicyclic) bond motifs is 1. The number of nitrogens with one attached hydrogen (secondary N) is 2. The van der Waals surface area contributed by atoms with Crippen LogP contribution in [0.1, 0.15) is 18.4 Å². The van der Waals surface area contributed by atoms with Gasteiger partial charge in [-0.05, 0) is 31.9 Å². The van der Waals surface area contributed by atoms with Gasteiger partial charge in [0.1, 0.15) is 0 Å². The van der Waals surface area contributed by atoms with Crippen molar-refractivity contribution in [2.75, 3.05) is 17.7 Å². The molecule has 1 atom stereocenters. The van der Waals surface area contributed by atoms with Crippen LogP contribution in [0.4, 0.5) is 11.4 Å². The molecule has 1 saturated heterocycles. The Morgan fingerprint density at radius 3 is 2.94 bits per heavy atom. The third kappa shape index (κ3) is 4.77. The van der Waals surface area contributed by atoms with Crippen LogP contribution in [-0.2, 0) is 16.1 Å². The number of thioether (sulfide) groups is 1. The third-order valence-electron chi connectivity index (χ3n) is 6.07. The van der Waals surface area contributed by atoms with Crippen LogP contribution in [0.5, 0.6) is 0 Å². The molecule has 2 aromatic heterocycles. The zero-order chi connectivity index (χ0) is 24.4. The maximum atomic E-state index is 12.7. The molecule has 4 aromatic rings. The van der Waals surface area contributed by atoms with Crippen molar-refractivity contribution >= 4 is 39.9 Å². The molecule has 10 nitrogen and oxygen atoms in total. The van der Waals surface area contributed by atoms with E-state index in [9.17, 15) is 14.9 Å². The predicted octanol–water partition coefficient (Wildman–Crippen LogP) is 4.55. The lowest BCUT2D eigenvalue weighted by molar-refractivity contribution is -0.385. The lowest BCUT2D eigenvalue weighted by Crippen LogP contribution is -2.18. The van der Waals surface area contributed by atoms with Gasteiger partial charge in [0.2, 0.25) is 5.91 Å². The summed E-state index contributed by atoms with van der Waals surface area (Å²) in [7, 11) is 0. The molecule has 180 valence electrons. The lowest BCUT2D eigenvalue weighted by atomic mass is 10.1. The average molecular weight is 493 g/mol. The minimum Gasteiger partial charge on any atom is -0.376 e. The number of amides is 1. The molecule has 35 heavy (non-hydrogen) atoms. The molecule has 0 saturated carbocycles. The highest BCUT2D eigenvalue weighted by Crippen LogP contribution is 2.31. The van der Waals surface area contributed by atoms with E-state index in [0.717, 1.165) is 41.7 Å². The van der Waals surface area contributed by atoms with Gasteiger partial charge in [-0.25, -0.2) is 0 Å². The molecule has 5 rings (SSSR count). The van der Waals surface area contributed by atoms with Gasteiger partial charge in [-0.15, -0.1) is 10.2 Å². The first-order valence-corrected chi connectivity index (χ1v) is 12.3. The molecule has 1 aliphatic rings. The molecule has 0 spiro atoms. The predicted molar refractivity (Wildman–Crippen MR) is 133 cm³/mol. The second-order valence-corrected chi connectivity index (χ2v) is 9.29. The molecule has 1 aliphatic heterocycles. The van der Waals surface area contributed by atoms with Crippen molar-refractivity contribution in [1.29, 1.82) is 0 Å². The van der Waals surface area contributed by atoms with E-state index < -0.39 is 4.92 Å².